The predicted octanol–water partition coefficient (Wildman–Crippen LogP) is 4.16. The van der Waals surface area contributed by atoms with Crippen LogP contribution in [0.3, 0.4) is 0 Å². The molecular formula is C16H13BrN2O3. The summed E-state index contributed by atoms with van der Waals surface area (Å²) in [5, 5.41) is 3.67. The number of furan rings is 1. The number of hydrogen-bond donors (Lipinski definition) is 1. The number of benzene rings is 1. The Morgan fingerprint density at radius 2 is 2.14 bits per heavy atom. The van der Waals surface area contributed by atoms with Crippen LogP contribution in [0.5, 0.6) is 5.88 Å². The van der Waals surface area contributed by atoms with Gasteiger partial charge < -0.3 is 14.5 Å². The van der Waals surface area contributed by atoms with E-state index in [1.165, 1.54) is 13.3 Å². The Labute approximate surface area is 135 Å². The molecule has 3 rings (SSSR count). The van der Waals surface area contributed by atoms with E-state index < -0.39 is 0 Å². The molecule has 0 aliphatic rings. The second-order valence-corrected chi connectivity index (χ2v) is 5.66. The van der Waals surface area contributed by atoms with E-state index in [1.807, 2.05) is 25.1 Å². The van der Waals surface area contributed by atoms with Gasteiger partial charge in [-0.3, -0.25) is 4.79 Å². The smallest absolute Gasteiger partial charge is 0.291 e. The quantitative estimate of drug-likeness (QED) is 0.761. The van der Waals surface area contributed by atoms with Crippen LogP contribution in [0.25, 0.3) is 11.0 Å². The molecule has 1 aromatic carbocycles. The zero-order valence-corrected chi connectivity index (χ0v) is 13.6. The Morgan fingerprint density at radius 3 is 2.82 bits per heavy atom. The van der Waals surface area contributed by atoms with Gasteiger partial charge in [0.1, 0.15) is 5.58 Å². The van der Waals surface area contributed by atoms with Crippen LogP contribution in [0, 0.1) is 6.92 Å². The van der Waals surface area contributed by atoms with E-state index in [0.717, 1.165) is 15.4 Å². The first-order valence-electron chi connectivity index (χ1n) is 6.58. The molecule has 2 aromatic heterocycles. The molecule has 0 saturated heterocycles. The van der Waals surface area contributed by atoms with E-state index in [-0.39, 0.29) is 5.91 Å². The zero-order valence-electron chi connectivity index (χ0n) is 12.0. The first-order valence-corrected chi connectivity index (χ1v) is 7.38. The van der Waals surface area contributed by atoms with E-state index in [4.69, 9.17) is 9.15 Å². The lowest BCUT2D eigenvalue weighted by Gasteiger charge is -2.04. The number of methoxy groups -OCH3 is 1. The Balaban J connectivity index is 1.89. The van der Waals surface area contributed by atoms with E-state index >= 15 is 0 Å². The lowest BCUT2D eigenvalue weighted by Crippen LogP contribution is -2.12. The van der Waals surface area contributed by atoms with Gasteiger partial charge in [-0.1, -0.05) is 15.9 Å². The van der Waals surface area contributed by atoms with Crippen molar-refractivity contribution in [1.29, 1.82) is 0 Å². The summed E-state index contributed by atoms with van der Waals surface area (Å²) in [6.07, 6.45) is 1.53. The van der Waals surface area contributed by atoms with E-state index in [1.54, 1.807) is 12.1 Å². The number of anilines is 1. The highest BCUT2D eigenvalue weighted by molar-refractivity contribution is 9.10. The number of carbonyl (C=O) groups excluding carboxylic acids is 1. The molecule has 0 bridgehead atoms. The van der Waals surface area contributed by atoms with Crippen LogP contribution >= 0.6 is 15.9 Å². The van der Waals surface area contributed by atoms with Crippen LogP contribution in [-0.4, -0.2) is 18.0 Å². The highest BCUT2D eigenvalue weighted by Gasteiger charge is 2.18. The first-order chi connectivity index (χ1) is 10.6. The Kier molecular flexibility index (Phi) is 3.85. The summed E-state index contributed by atoms with van der Waals surface area (Å²) in [5.74, 6) is 0.475. The van der Waals surface area contributed by atoms with Crippen LogP contribution in [0.15, 0.2) is 45.4 Å². The van der Waals surface area contributed by atoms with Crippen molar-refractivity contribution in [3.63, 3.8) is 0 Å². The Bertz CT molecular complexity index is 840. The SMILES string of the molecule is COc1ccc(NC(=O)c2oc3ccc(Br)cc3c2C)cn1. The lowest BCUT2D eigenvalue weighted by atomic mass is 10.1. The number of carbonyl (C=O) groups is 1. The fraction of sp³-hybridized carbons (Fsp3) is 0.125. The molecule has 0 saturated carbocycles. The van der Waals surface area contributed by atoms with Crippen molar-refractivity contribution in [3.8, 4) is 5.88 Å². The summed E-state index contributed by atoms with van der Waals surface area (Å²) >= 11 is 3.42. The summed E-state index contributed by atoms with van der Waals surface area (Å²) < 4.78 is 11.6. The summed E-state index contributed by atoms with van der Waals surface area (Å²) in [6, 6.07) is 9.04. The van der Waals surface area contributed by atoms with E-state index in [0.29, 0.717) is 22.9 Å². The molecule has 5 nitrogen and oxygen atoms in total. The number of nitrogens with zero attached hydrogens (tertiary/aromatic N) is 1. The fourth-order valence-electron chi connectivity index (χ4n) is 2.17. The van der Waals surface area contributed by atoms with Gasteiger partial charge in [0, 0.05) is 21.5 Å². The van der Waals surface area contributed by atoms with Crippen LogP contribution in [0.1, 0.15) is 16.1 Å². The van der Waals surface area contributed by atoms with Crippen molar-refractivity contribution in [3.05, 3.63) is 52.3 Å². The fourth-order valence-corrected chi connectivity index (χ4v) is 2.53. The van der Waals surface area contributed by atoms with Gasteiger partial charge in [0.05, 0.1) is 19.0 Å². The molecule has 22 heavy (non-hydrogen) atoms. The van der Waals surface area contributed by atoms with Crippen LogP contribution < -0.4 is 10.1 Å². The summed E-state index contributed by atoms with van der Waals surface area (Å²) in [6.45, 7) is 1.86. The van der Waals surface area contributed by atoms with E-state index in [2.05, 4.69) is 26.2 Å². The molecule has 2 heterocycles. The molecule has 0 unspecified atom stereocenters. The number of aromatic nitrogens is 1. The summed E-state index contributed by atoms with van der Waals surface area (Å²) in [5.41, 5.74) is 2.06. The number of rotatable bonds is 3. The van der Waals surface area contributed by atoms with Gasteiger partial charge in [0.2, 0.25) is 5.88 Å². The summed E-state index contributed by atoms with van der Waals surface area (Å²) in [4.78, 5) is 16.4. The molecule has 0 aliphatic heterocycles. The summed E-state index contributed by atoms with van der Waals surface area (Å²) in [7, 11) is 1.54. The van der Waals surface area contributed by atoms with Crippen LogP contribution in [-0.2, 0) is 0 Å². The minimum Gasteiger partial charge on any atom is -0.481 e. The normalized spacial score (nSPS) is 10.7. The second kappa shape index (κ2) is 5.81. The van der Waals surface area contributed by atoms with Gasteiger partial charge >= 0.3 is 0 Å². The maximum atomic E-state index is 12.4. The number of pyridine rings is 1. The van der Waals surface area contributed by atoms with Gasteiger partial charge in [0.25, 0.3) is 5.91 Å². The van der Waals surface area contributed by atoms with Gasteiger partial charge in [-0.05, 0) is 31.2 Å². The van der Waals surface area contributed by atoms with Crippen LogP contribution in [0.2, 0.25) is 0 Å². The number of amides is 1. The number of halogens is 1. The van der Waals surface area contributed by atoms with Crippen molar-refractivity contribution in [2.45, 2.75) is 6.92 Å². The van der Waals surface area contributed by atoms with Crippen molar-refractivity contribution >= 4 is 38.5 Å². The van der Waals surface area contributed by atoms with Crippen molar-refractivity contribution in [2.24, 2.45) is 0 Å². The maximum Gasteiger partial charge on any atom is 0.291 e. The van der Waals surface area contributed by atoms with Crippen molar-refractivity contribution in [1.82, 2.24) is 4.98 Å². The first kappa shape index (κ1) is 14.6. The molecule has 0 radical (unpaired) electrons. The Hall–Kier alpha value is -2.34. The molecule has 0 aliphatic carbocycles. The number of ether oxygens (including phenoxy) is 1. The number of fused-ring (bicyclic) bond motifs is 1. The number of hydrogen-bond acceptors (Lipinski definition) is 4. The molecule has 3 aromatic rings. The molecule has 6 heteroatoms. The largest absolute Gasteiger partial charge is 0.481 e. The molecular weight excluding hydrogens is 348 g/mol. The van der Waals surface area contributed by atoms with Gasteiger partial charge in [0.15, 0.2) is 5.76 Å². The number of aryl methyl sites for hydroxylation is 1. The Morgan fingerprint density at radius 1 is 1.32 bits per heavy atom. The molecule has 112 valence electrons. The minimum atomic E-state index is -0.309. The predicted molar refractivity (Wildman–Crippen MR) is 87.4 cm³/mol. The highest BCUT2D eigenvalue weighted by Crippen LogP contribution is 2.28. The van der Waals surface area contributed by atoms with Crippen LogP contribution in [0.4, 0.5) is 5.69 Å². The van der Waals surface area contributed by atoms with Gasteiger partial charge in [-0.2, -0.15) is 0 Å². The third-order valence-electron chi connectivity index (χ3n) is 3.31. The number of nitrogens with one attached hydrogen (secondary N) is 1. The highest BCUT2D eigenvalue weighted by atomic mass is 79.9. The molecule has 1 amide bonds. The second-order valence-electron chi connectivity index (χ2n) is 4.74. The lowest BCUT2D eigenvalue weighted by molar-refractivity contribution is 0.0998. The van der Waals surface area contributed by atoms with E-state index in [9.17, 15) is 4.79 Å². The topological polar surface area (TPSA) is 64.4 Å². The molecule has 0 spiro atoms. The monoisotopic (exact) mass is 360 g/mol. The van der Waals surface area contributed by atoms with Gasteiger partial charge in [-0.25, -0.2) is 4.98 Å². The average molecular weight is 361 g/mol. The minimum absolute atomic E-state index is 0.295. The standard InChI is InChI=1S/C16H13BrN2O3/c1-9-12-7-10(17)3-5-13(12)22-15(9)16(20)19-11-4-6-14(21-2)18-8-11/h3-8H,1-2H3,(H,19,20). The van der Waals surface area contributed by atoms with Crippen molar-refractivity contribution < 1.29 is 13.9 Å². The molecule has 0 atom stereocenters. The third-order valence-corrected chi connectivity index (χ3v) is 3.80. The zero-order chi connectivity index (χ0) is 15.7. The molecule has 1 N–H and O–H groups in total. The molecule has 0 fully saturated rings. The maximum absolute atomic E-state index is 12.4. The van der Waals surface area contributed by atoms with Gasteiger partial charge in [-0.15, -0.1) is 0 Å². The third kappa shape index (κ3) is 2.69. The van der Waals surface area contributed by atoms with Crippen molar-refractivity contribution in [2.75, 3.05) is 12.4 Å². The average Bonchev–Trinajstić information content (AvgIpc) is 2.85.